The Bertz CT molecular complexity index is 1060. The molecule has 1 aliphatic rings. The fourth-order valence-corrected chi connectivity index (χ4v) is 4.63. The maximum Gasteiger partial charge on any atom is 0.416 e. The Morgan fingerprint density at radius 2 is 1.93 bits per heavy atom. The van der Waals surface area contributed by atoms with Crippen LogP contribution in [-0.4, -0.2) is 22.6 Å². The molecule has 156 valence electrons. The van der Waals surface area contributed by atoms with Crippen molar-refractivity contribution in [3.05, 3.63) is 70.2 Å². The molecule has 4 nitrogen and oxygen atoms in total. The lowest BCUT2D eigenvalue weighted by molar-refractivity contribution is -0.138. The molecule has 1 aromatic heterocycles. The molecule has 2 heterocycles. The molecule has 2 aromatic carbocycles. The van der Waals surface area contributed by atoms with Crippen molar-refractivity contribution in [1.82, 2.24) is 4.98 Å². The molecule has 0 amide bonds. The number of nitrogens with zero attached hydrogens (tertiary/aromatic N) is 2. The van der Waals surface area contributed by atoms with Crippen LogP contribution in [0.1, 0.15) is 28.1 Å². The normalized spacial score (nSPS) is 13.9. The Balaban J connectivity index is 1.51. The molecule has 4 rings (SSSR count). The molecule has 1 aliphatic heterocycles. The van der Waals surface area contributed by atoms with Crippen LogP contribution in [0.4, 0.5) is 18.9 Å². The van der Waals surface area contributed by atoms with E-state index >= 15 is 0 Å². The average molecular weight is 432 g/mol. The quantitative estimate of drug-likeness (QED) is 0.586. The summed E-state index contributed by atoms with van der Waals surface area (Å²) >= 11 is 1.51. The third-order valence-electron chi connectivity index (χ3n) is 5.09. The first-order chi connectivity index (χ1) is 14.3. The average Bonchev–Trinajstić information content (AvgIpc) is 3.15. The minimum Gasteiger partial charge on any atom is -0.481 e. The van der Waals surface area contributed by atoms with E-state index in [-0.39, 0.29) is 6.42 Å². The number of fused-ring (bicyclic) bond motifs is 1. The Morgan fingerprint density at radius 1 is 1.17 bits per heavy atom. The van der Waals surface area contributed by atoms with E-state index in [9.17, 15) is 18.0 Å². The number of aliphatic carboxylic acids is 1. The van der Waals surface area contributed by atoms with Gasteiger partial charge in [0.15, 0.2) is 0 Å². The van der Waals surface area contributed by atoms with E-state index in [1.807, 2.05) is 24.3 Å². The monoisotopic (exact) mass is 432 g/mol. The van der Waals surface area contributed by atoms with E-state index in [0.717, 1.165) is 51.9 Å². The summed E-state index contributed by atoms with van der Waals surface area (Å²) in [5.74, 6) is -0.816. The lowest BCUT2D eigenvalue weighted by Crippen LogP contribution is -2.29. The number of rotatable bonds is 5. The number of aryl methyl sites for hydroxylation is 1. The van der Waals surface area contributed by atoms with Gasteiger partial charge in [-0.1, -0.05) is 24.3 Å². The molecule has 0 saturated heterocycles. The number of thiazole rings is 1. The van der Waals surface area contributed by atoms with Crippen LogP contribution in [0, 0.1) is 0 Å². The number of benzene rings is 2. The second kappa shape index (κ2) is 8.10. The van der Waals surface area contributed by atoms with Crippen LogP contribution in [0.25, 0.3) is 10.6 Å². The fraction of sp³-hybridized carbons (Fsp3) is 0.273. The van der Waals surface area contributed by atoms with Gasteiger partial charge in [-0.3, -0.25) is 4.79 Å². The number of carboxylic acid groups (broad SMARTS) is 1. The number of hydrogen-bond acceptors (Lipinski definition) is 4. The molecule has 1 N–H and O–H groups in total. The molecule has 0 aliphatic carbocycles. The second-order valence-electron chi connectivity index (χ2n) is 7.20. The third-order valence-corrected chi connectivity index (χ3v) is 6.23. The Labute approximate surface area is 175 Å². The highest BCUT2D eigenvalue weighted by atomic mass is 32.1. The number of aromatic nitrogens is 1. The molecule has 0 atom stereocenters. The second-order valence-corrected chi connectivity index (χ2v) is 8.28. The topological polar surface area (TPSA) is 53.4 Å². The summed E-state index contributed by atoms with van der Waals surface area (Å²) in [6, 6.07) is 13.0. The van der Waals surface area contributed by atoms with Gasteiger partial charge < -0.3 is 10.0 Å². The molecule has 0 fully saturated rings. The number of carbonyl (C=O) groups is 1. The summed E-state index contributed by atoms with van der Waals surface area (Å²) in [7, 11) is 0. The van der Waals surface area contributed by atoms with Gasteiger partial charge in [0.2, 0.25) is 0 Å². The van der Waals surface area contributed by atoms with E-state index in [2.05, 4.69) is 9.88 Å². The summed E-state index contributed by atoms with van der Waals surface area (Å²) in [6.45, 7) is 1.46. The van der Waals surface area contributed by atoms with Crippen molar-refractivity contribution < 1.29 is 23.1 Å². The summed E-state index contributed by atoms with van der Waals surface area (Å²) < 4.78 is 38.3. The van der Waals surface area contributed by atoms with Gasteiger partial charge in [-0.15, -0.1) is 11.3 Å². The van der Waals surface area contributed by atoms with Gasteiger partial charge in [-0.05, 0) is 36.2 Å². The van der Waals surface area contributed by atoms with Crippen LogP contribution in [0.5, 0.6) is 0 Å². The first-order valence-corrected chi connectivity index (χ1v) is 10.3. The van der Waals surface area contributed by atoms with Crippen LogP contribution >= 0.6 is 11.3 Å². The molecule has 0 radical (unpaired) electrons. The summed E-state index contributed by atoms with van der Waals surface area (Å²) in [6.07, 6.45) is -3.01. The zero-order chi connectivity index (χ0) is 21.3. The maximum absolute atomic E-state index is 12.8. The lowest BCUT2D eigenvalue weighted by Gasteiger charge is -2.28. The number of alkyl halides is 3. The number of hydrogen-bond donors (Lipinski definition) is 1. The zero-order valence-electron chi connectivity index (χ0n) is 15.9. The summed E-state index contributed by atoms with van der Waals surface area (Å²) in [5, 5.41) is 9.61. The predicted molar refractivity (Wildman–Crippen MR) is 110 cm³/mol. The lowest BCUT2D eigenvalue weighted by atomic mass is 10.1. The van der Waals surface area contributed by atoms with Crippen molar-refractivity contribution >= 4 is 23.0 Å². The van der Waals surface area contributed by atoms with Gasteiger partial charge in [-0.25, -0.2) is 4.98 Å². The van der Waals surface area contributed by atoms with Crippen molar-refractivity contribution in [2.75, 3.05) is 11.4 Å². The van der Waals surface area contributed by atoms with Gasteiger partial charge in [0.25, 0.3) is 0 Å². The maximum atomic E-state index is 12.8. The summed E-state index contributed by atoms with van der Waals surface area (Å²) in [5.41, 5.74) is 3.03. The number of anilines is 1. The zero-order valence-corrected chi connectivity index (χ0v) is 16.8. The SMILES string of the molecule is O=C(O)CCc1cccc(N2CCc3nc(-c4ccc(C(F)(F)F)cc4)sc3C2)c1. The van der Waals surface area contributed by atoms with Gasteiger partial charge in [0, 0.05) is 35.5 Å². The van der Waals surface area contributed by atoms with E-state index < -0.39 is 17.7 Å². The van der Waals surface area contributed by atoms with Crippen LogP contribution < -0.4 is 4.90 Å². The van der Waals surface area contributed by atoms with Crippen molar-refractivity contribution in [3.63, 3.8) is 0 Å². The van der Waals surface area contributed by atoms with Gasteiger partial charge in [-0.2, -0.15) is 13.2 Å². The molecule has 8 heteroatoms. The van der Waals surface area contributed by atoms with Gasteiger partial charge in [0.1, 0.15) is 5.01 Å². The Kier molecular flexibility index (Phi) is 5.51. The van der Waals surface area contributed by atoms with Crippen molar-refractivity contribution in [2.45, 2.75) is 32.0 Å². The first-order valence-electron chi connectivity index (χ1n) is 9.51. The largest absolute Gasteiger partial charge is 0.481 e. The number of carboxylic acids is 1. The molecule has 3 aromatic rings. The highest BCUT2D eigenvalue weighted by Crippen LogP contribution is 2.35. The molecule has 0 spiro atoms. The van der Waals surface area contributed by atoms with Crippen LogP contribution in [0.15, 0.2) is 48.5 Å². The van der Waals surface area contributed by atoms with Crippen LogP contribution in [-0.2, 0) is 30.4 Å². The van der Waals surface area contributed by atoms with E-state index in [1.54, 1.807) is 0 Å². The first kappa shape index (κ1) is 20.4. The molecule has 30 heavy (non-hydrogen) atoms. The highest BCUT2D eigenvalue weighted by molar-refractivity contribution is 7.15. The highest BCUT2D eigenvalue weighted by Gasteiger charge is 2.30. The minimum atomic E-state index is -4.35. The van der Waals surface area contributed by atoms with Crippen LogP contribution in [0.2, 0.25) is 0 Å². The molecule has 0 saturated carbocycles. The molecular formula is C22H19F3N2O2S. The van der Waals surface area contributed by atoms with Crippen molar-refractivity contribution in [3.8, 4) is 10.6 Å². The van der Waals surface area contributed by atoms with Gasteiger partial charge >= 0.3 is 12.1 Å². The predicted octanol–water partition coefficient (Wildman–Crippen LogP) is 5.41. The van der Waals surface area contributed by atoms with Crippen LogP contribution in [0.3, 0.4) is 0 Å². The molecule has 0 unspecified atom stereocenters. The minimum absolute atomic E-state index is 0.0962. The third kappa shape index (κ3) is 4.48. The number of halogens is 3. The van der Waals surface area contributed by atoms with E-state index in [4.69, 9.17) is 5.11 Å². The Morgan fingerprint density at radius 3 is 2.63 bits per heavy atom. The van der Waals surface area contributed by atoms with Crippen molar-refractivity contribution in [1.29, 1.82) is 0 Å². The van der Waals surface area contributed by atoms with Gasteiger partial charge in [0.05, 0.1) is 17.8 Å². The molecular weight excluding hydrogens is 413 g/mol. The summed E-state index contributed by atoms with van der Waals surface area (Å²) in [4.78, 5) is 18.8. The smallest absolute Gasteiger partial charge is 0.416 e. The Hall–Kier alpha value is -2.87. The van der Waals surface area contributed by atoms with Crippen molar-refractivity contribution in [2.24, 2.45) is 0 Å². The fourth-order valence-electron chi connectivity index (χ4n) is 3.50. The van der Waals surface area contributed by atoms with E-state index in [0.29, 0.717) is 18.5 Å². The molecule has 0 bridgehead atoms. The standard InChI is InChI=1S/C22H19F3N2O2S/c23-22(24,25)16-7-5-15(6-8-16)21-26-18-10-11-27(13-19(18)30-21)17-3-1-2-14(12-17)4-9-20(28)29/h1-3,5-8,12H,4,9-11,13H2,(H,28,29). The van der Waals surface area contributed by atoms with E-state index in [1.165, 1.54) is 23.5 Å².